The number of benzene rings is 2. The quantitative estimate of drug-likeness (QED) is 0.425. The molecule has 0 aromatic heterocycles. The third-order valence-corrected chi connectivity index (χ3v) is 5.08. The lowest BCUT2D eigenvalue weighted by atomic mass is 10.1. The molecule has 0 aliphatic carbocycles. The van der Waals surface area contributed by atoms with E-state index in [1.807, 2.05) is 18.2 Å². The van der Waals surface area contributed by atoms with E-state index in [1.54, 1.807) is 14.2 Å². The Kier molecular flexibility index (Phi) is 7.20. The maximum Gasteiger partial charge on any atom is 0.191 e. The summed E-state index contributed by atoms with van der Waals surface area (Å²) in [6.45, 7) is 3.42. The van der Waals surface area contributed by atoms with Crippen molar-refractivity contribution in [2.75, 3.05) is 38.7 Å². The second-order valence-corrected chi connectivity index (χ2v) is 7.01. The molecule has 0 unspecified atom stereocenters. The minimum absolute atomic E-state index is 0.720. The standard InChI is InChI=1S/C22H27ClN4O/c1-24-22(25-11-10-18-8-9-20(28-2)15-21(18)23)26-16-17-6-5-7-19(14-17)27-12-3-4-13-27/h3-9,14-15H,10-13,16H2,1-2H3,(H2,24,25,26). The van der Waals surface area contributed by atoms with Gasteiger partial charge in [-0.05, 0) is 41.8 Å². The number of guanidine groups is 1. The molecule has 0 amide bonds. The molecule has 2 aromatic rings. The summed E-state index contributed by atoms with van der Waals surface area (Å²) >= 11 is 6.31. The fraction of sp³-hybridized carbons (Fsp3) is 0.318. The summed E-state index contributed by atoms with van der Waals surface area (Å²) in [5.41, 5.74) is 3.56. The van der Waals surface area contributed by atoms with E-state index in [-0.39, 0.29) is 0 Å². The van der Waals surface area contributed by atoms with Crippen LogP contribution in [0.2, 0.25) is 5.02 Å². The molecule has 2 aromatic carbocycles. The third-order valence-electron chi connectivity index (χ3n) is 4.72. The number of aliphatic imine (C=N–C) groups is 1. The van der Waals surface area contributed by atoms with Gasteiger partial charge in [-0.3, -0.25) is 4.99 Å². The van der Waals surface area contributed by atoms with Crippen LogP contribution in [0.1, 0.15) is 11.1 Å². The van der Waals surface area contributed by atoms with Gasteiger partial charge in [0.1, 0.15) is 5.75 Å². The van der Waals surface area contributed by atoms with E-state index in [1.165, 1.54) is 11.3 Å². The average molecular weight is 399 g/mol. The van der Waals surface area contributed by atoms with Crippen molar-refractivity contribution in [3.63, 3.8) is 0 Å². The van der Waals surface area contributed by atoms with Crippen LogP contribution in [-0.2, 0) is 13.0 Å². The number of nitrogens with one attached hydrogen (secondary N) is 2. The van der Waals surface area contributed by atoms with E-state index in [0.717, 1.165) is 54.9 Å². The fourth-order valence-electron chi connectivity index (χ4n) is 3.13. The fourth-order valence-corrected chi connectivity index (χ4v) is 3.40. The molecule has 1 aliphatic heterocycles. The second kappa shape index (κ2) is 10.0. The van der Waals surface area contributed by atoms with Crippen LogP contribution in [0.5, 0.6) is 5.75 Å². The maximum atomic E-state index is 6.31. The summed E-state index contributed by atoms with van der Waals surface area (Å²) in [7, 11) is 3.42. The molecule has 28 heavy (non-hydrogen) atoms. The molecule has 148 valence electrons. The van der Waals surface area contributed by atoms with Crippen molar-refractivity contribution >= 4 is 23.2 Å². The second-order valence-electron chi connectivity index (χ2n) is 6.61. The van der Waals surface area contributed by atoms with Gasteiger partial charge in [-0.2, -0.15) is 0 Å². The van der Waals surface area contributed by atoms with Gasteiger partial charge in [0.25, 0.3) is 0 Å². The van der Waals surface area contributed by atoms with Crippen LogP contribution in [-0.4, -0.2) is 39.8 Å². The predicted octanol–water partition coefficient (Wildman–Crippen LogP) is 3.63. The molecule has 2 N–H and O–H groups in total. The number of ether oxygens (including phenoxy) is 1. The van der Waals surface area contributed by atoms with E-state index in [4.69, 9.17) is 16.3 Å². The van der Waals surface area contributed by atoms with Gasteiger partial charge in [0.05, 0.1) is 7.11 Å². The van der Waals surface area contributed by atoms with Crippen molar-refractivity contribution in [1.29, 1.82) is 0 Å². The summed E-state index contributed by atoms with van der Waals surface area (Å²) in [6, 6.07) is 14.4. The van der Waals surface area contributed by atoms with E-state index in [9.17, 15) is 0 Å². The Labute approximate surface area is 172 Å². The van der Waals surface area contributed by atoms with Crippen LogP contribution in [0, 0.1) is 0 Å². The van der Waals surface area contributed by atoms with Crippen LogP contribution < -0.4 is 20.3 Å². The first-order valence-electron chi connectivity index (χ1n) is 9.45. The third kappa shape index (κ3) is 5.42. The predicted molar refractivity (Wildman–Crippen MR) is 118 cm³/mol. The van der Waals surface area contributed by atoms with Crippen molar-refractivity contribution in [3.8, 4) is 5.75 Å². The largest absolute Gasteiger partial charge is 0.497 e. The Morgan fingerprint density at radius 3 is 2.68 bits per heavy atom. The van der Waals surface area contributed by atoms with Gasteiger partial charge in [0.2, 0.25) is 0 Å². The average Bonchev–Trinajstić information content (AvgIpc) is 3.26. The maximum absolute atomic E-state index is 6.31. The smallest absolute Gasteiger partial charge is 0.191 e. The van der Waals surface area contributed by atoms with Crippen LogP contribution in [0.15, 0.2) is 59.6 Å². The van der Waals surface area contributed by atoms with Crippen molar-refractivity contribution < 1.29 is 4.74 Å². The molecule has 0 saturated carbocycles. The highest BCUT2D eigenvalue weighted by atomic mass is 35.5. The molecular formula is C22H27ClN4O. The van der Waals surface area contributed by atoms with Gasteiger partial charge >= 0.3 is 0 Å². The Hall–Kier alpha value is -2.66. The molecule has 0 fully saturated rings. The molecule has 0 spiro atoms. The van der Waals surface area contributed by atoms with E-state index < -0.39 is 0 Å². The Balaban J connectivity index is 1.48. The topological polar surface area (TPSA) is 48.9 Å². The first kappa shape index (κ1) is 20.1. The number of methoxy groups -OCH3 is 1. The molecule has 1 heterocycles. The molecule has 5 nitrogen and oxygen atoms in total. The number of hydrogen-bond acceptors (Lipinski definition) is 3. The first-order chi connectivity index (χ1) is 13.7. The lowest BCUT2D eigenvalue weighted by Gasteiger charge is -2.19. The SMILES string of the molecule is CN=C(NCCc1ccc(OC)cc1Cl)NCc1cccc(N2CC=CC2)c1. The van der Waals surface area contributed by atoms with Crippen LogP contribution in [0.3, 0.4) is 0 Å². The van der Waals surface area contributed by atoms with E-state index >= 15 is 0 Å². The van der Waals surface area contributed by atoms with Gasteiger partial charge in [-0.15, -0.1) is 0 Å². The summed E-state index contributed by atoms with van der Waals surface area (Å²) < 4.78 is 5.19. The summed E-state index contributed by atoms with van der Waals surface area (Å²) in [5.74, 6) is 1.55. The molecule has 0 bridgehead atoms. The van der Waals surface area contributed by atoms with Crippen molar-refractivity contribution in [2.45, 2.75) is 13.0 Å². The van der Waals surface area contributed by atoms with Crippen molar-refractivity contribution in [2.24, 2.45) is 4.99 Å². The first-order valence-corrected chi connectivity index (χ1v) is 9.83. The number of nitrogens with zero attached hydrogens (tertiary/aromatic N) is 2. The molecule has 0 radical (unpaired) electrons. The molecule has 0 atom stereocenters. The van der Waals surface area contributed by atoms with Crippen LogP contribution in [0.4, 0.5) is 5.69 Å². The van der Waals surface area contributed by atoms with Gasteiger partial charge in [0.15, 0.2) is 5.96 Å². The van der Waals surface area contributed by atoms with Crippen LogP contribution >= 0.6 is 11.6 Å². The lowest BCUT2D eigenvalue weighted by molar-refractivity contribution is 0.414. The highest BCUT2D eigenvalue weighted by Gasteiger charge is 2.08. The molecule has 1 aliphatic rings. The molecule has 6 heteroatoms. The van der Waals surface area contributed by atoms with E-state index in [0.29, 0.717) is 0 Å². The summed E-state index contributed by atoms with van der Waals surface area (Å²) in [4.78, 5) is 6.65. The highest BCUT2D eigenvalue weighted by molar-refractivity contribution is 6.31. The molecule has 3 rings (SSSR count). The lowest BCUT2D eigenvalue weighted by Crippen LogP contribution is -2.37. The molecule has 0 saturated heterocycles. The van der Waals surface area contributed by atoms with Crippen molar-refractivity contribution in [3.05, 3.63) is 70.8 Å². The minimum atomic E-state index is 0.720. The zero-order valence-electron chi connectivity index (χ0n) is 16.4. The van der Waals surface area contributed by atoms with Crippen LogP contribution in [0.25, 0.3) is 0 Å². The van der Waals surface area contributed by atoms with Gasteiger partial charge in [-0.1, -0.05) is 42.0 Å². The van der Waals surface area contributed by atoms with Gasteiger partial charge in [-0.25, -0.2) is 0 Å². The Morgan fingerprint density at radius 1 is 1.14 bits per heavy atom. The van der Waals surface area contributed by atoms with Gasteiger partial charge in [0, 0.05) is 43.9 Å². The Bertz CT molecular complexity index is 842. The van der Waals surface area contributed by atoms with E-state index in [2.05, 4.69) is 56.9 Å². The number of anilines is 1. The normalized spacial score (nSPS) is 13.7. The highest BCUT2D eigenvalue weighted by Crippen LogP contribution is 2.22. The molecular weight excluding hydrogens is 372 g/mol. The van der Waals surface area contributed by atoms with Gasteiger partial charge < -0.3 is 20.3 Å². The number of rotatable bonds is 7. The minimum Gasteiger partial charge on any atom is -0.497 e. The zero-order valence-corrected chi connectivity index (χ0v) is 17.2. The number of hydrogen-bond donors (Lipinski definition) is 2. The summed E-state index contributed by atoms with van der Waals surface area (Å²) in [5, 5.41) is 7.44. The zero-order chi connectivity index (χ0) is 19.8. The van der Waals surface area contributed by atoms with Crippen molar-refractivity contribution in [1.82, 2.24) is 10.6 Å². The summed E-state index contributed by atoms with van der Waals surface area (Å²) in [6.07, 6.45) is 5.21. The monoisotopic (exact) mass is 398 g/mol. The Morgan fingerprint density at radius 2 is 1.96 bits per heavy atom. The number of halogens is 1.